The average molecular weight is 274 g/mol. The summed E-state index contributed by atoms with van der Waals surface area (Å²) < 4.78 is 0. The van der Waals surface area contributed by atoms with Gasteiger partial charge in [0.2, 0.25) is 0 Å². The van der Waals surface area contributed by atoms with Gasteiger partial charge in [0, 0.05) is 25.8 Å². The quantitative estimate of drug-likeness (QED) is 0.914. The lowest BCUT2D eigenvalue weighted by Crippen LogP contribution is -2.39. The first-order valence-electron chi connectivity index (χ1n) is 7.60. The second-order valence-electron chi connectivity index (χ2n) is 6.17. The van der Waals surface area contributed by atoms with E-state index in [1.165, 1.54) is 5.56 Å². The highest BCUT2D eigenvalue weighted by molar-refractivity contribution is 5.99. The van der Waals surface area contributed by atoms with Gasteiger partial charge in [0.15, 0.2) is 0 Å². The minimum atomic E-state index is 0.163. The minimum absolute atomic E-state index is 0.163. The number of aryl methyl sites for hydroxylation is 1. The lowest BCUT2D eigenvalue weighted by Gasteiger charge is -2.34. The fourth-order valence-electron chi connectivity index (χ4n) is 2.99. The molecule has 1 aliphatic heterocycles. The van der Waals surface area contributed by atoms with Gasteiger partial charge in [0.1, 0.15) is 0 Å². The Balaban J connectivity index is 2.09. The Kier molecular flexibility index (Phi) is 4.69. The Labute approximate surface area is 122 Å². The van der Waals surface area contributed by atoms with E-state index in [-0.39, 0.29) is 5.91 Å². The van der Waals surface area contributed by atoms with E-state index in [1.807, 2.05) is 37.1 Å². The topological polar surface area (TPSA) is 32.3 Å². The smallest absolute Gasteiger partial charge is 0.255 e. The molecule has 0 spiro atoms. The zero-order chi connectivity index (χ0) is 14.7. The molecule has 1 amide bonds. The lowest BCUT2D eigenvalue weighted by molar-refractivity contribution is 0.0668. The molecule has 20 heavy (non-hydrogen) atoms. The van der Waals surface area contributed by atoms with E-state index in [0.29, 0.717) is 0 Å². The van der Waals surface area contributed by atoms with Gasteiger partial charge in [-0.2, -0.15) is 0 Å². The second-order valence-corrected chi connectivity index (χ2v) is 6.17. The van der Waals surface area contributed by atoms with Crippen molar-refractivity contribution in [2.75, 3.05) is 25.5 Å². The predicted octanol–water partition coefficient (Wildman–Crippen LogP) is 3.54. The molecular formula is C17H26N2O. The first kappa shape index (κ1) is 14.9. The van der Waals surface area contributed by atoms with Crippen molar-refractivity contribution in [3.05, 3.63) is 29.3 Å². The first-order chi connectivity index (χ1) is 9.52. The molecule has 0 aliphatic carbocycles. The summed E-state index contributed by atoms with van der Waals surface area (Å²) in [6.45, 7) is 8.38. The van der Waals surface area contributed by atoms with Gasteiger partial charge >= 0.3 is 0 Å². The third-order valence-corrected chi connectivity index (χ3v) is 4.44. The molecule has 1 N–H and O–H groups in total. The molecular weight excluding hydrogens is 248 g/mol. The molecule has 110 valence electrons. The van der Waals surface area contributed by atoms with Crippen LogP contribution in [0.4, 0.5) is 5.69 Å². The second kappa shape index (κ2) is 6.29. The molecule has 1 aromatic carbocycles. The molecule has 1 saturated heterocycles. The number of piperidine rings is 1. The lowest BCUT2D eigenvalue weighted by atomic mass is 9.86. The van der Waals surface area contributed by atoms with Crippen LogP contribution in [0.1, 0.15) is 42.6 Å². The van der Waals surface area contributed by atoms with E-state index in [2.05, 4.69) is 19.2 Å². The number of rotatable bonds is 3. The number of nitrogens with zero attached hydrogens (tertiary/aromatic N) is 1. The van der Waals surface area contributed by atoms with E-state index < -0.39 is 0 Å². The van der Waals surface area contributed by atoms with Crippen molar-refractivity contribution in [1.82, 2.24) is 4.90 Å². The SMILES string of the molecule is CNc1cc(C)ccc1C(=O)N1CCC(C(C)C)CC1. The number of anilines is 1. The van der Waals surface area contributed by atoms with Crippen LogP contribution in [-0.4, -0.2) is 30.9 Å². The Hall–Kier alpha value is -1.51. The van der Waals surface area contributed by atoms with Gasteiger partial charge in [-0.3, -0.25) is 4.79 Å². The van der Waals surface area contributed by atoms with Crippen molar-refractivity contribution in [3.8, 4) is 0 Å². The Morgan fingerprint density at radius 1 is 1.30 bits per heavy atom. The number of likely N-dealkylation sites (tertiary alicyclic amines) is 1. The molecule has 0 atom stereocenters. The molecule has 2 rings (SSSR count). The molecule has 0 bridgehead atoms. The summed E-state index contributed by atoms with van der Waals surface area (Å²) in [5, 5.41) is 3.14. The van der Waals surface area contributed by atoms with Gasteiger partial charge < -0.3 is 10.2 Å². The number of carbonyl (C=O) groups is 1. The summed E-state index contributed by atoms with van der Waals surface area (Å²) in [5.74, 6) is 1.65. The van der Waals surface area contributed by atoms with Gasteiger partial charge in [-0.15, -0.1) is 0 Å². The van der Waals surface area contributed by atoms with Crippen LogP contribution in [0.3, 0.4) is 0 Å². The van der Waals surface area contributed by atoms with Crippen molar-refractivity contribution in [2.24, 2.45) is 11.8 Å². The maximum absolute atomic E-state index is 12.7. The van der Waals surface area contributed by atoms with Crippen molar-refractivity contribution in [1.29, 1.82) is 0 Å². The van der Waals surface area contributed by atoms with Crippen LogP contribution in [0.2, 0.25) is 0 Å². The highest BCUT2D eigenvalue weighted by Crippen LogP contribution is 2.26. The maximum atomic E-state index is 12.7. The van der Waals surface area contributed by atoms with Crippen LogP contribution in [0.5, 0.6) is 0 Å². The molecule has 1 heterocycles. The zero-order valence-electron chi connectivity index (χ0n) is 13.1. The molecule has 0 saturated carbocycles. The number of benzene rings is 1. The summed E-state index contributed by atoms with van der Waals surface area (Å²) in [7, 11) is 1.87. The van der Waals surface area contributed by atoms with Gasteiger partial charge in [-0.1, -0.05) is 19.9 Å². The van der Waals surface area contributed by atoms with Gasteiger partial charge in [-0.25, -0.2) is 0 Å². The number of carbonyl (C=O) groups excluding carboxylic acids is 1. The van der Waals surface area contributed by atoms with Gasteiger partial charge in [-0.05, 0) is 49.3 Å². The molecule has 3 heteroatoms. The first-order valence-corrected chi connectivity index (χ1v) is 7.60. The summed E-state index contributed by atoms with van der Waals surface area (Å²) in [6, 6.07) is 5.99. The number of hydrogen-bond acceptors (Lipinski definition) is 2. The van der Waals surface area contributed by atoms with Crippen LogP contribution in [0, 0.1) is 18.8 Å². The standard InChI is InChI=1S/C17H26N2O/c1-12(2)14-7-9-19(10-8-14)17(20)15-6-5-13(3)11-16(15)18-4/h5-6,11-12,14,18H,7-10H2,1-4H3. The highest BCUT2D eigenvalue weighted by atomic mass is 16.2. The predicted molar refractivity (Wildman–Crippen MR) is 84.2 cm³/mol. The average Bonchev–Trinajstić information content (AvgIpc) is 2.46. The van der Waals surface area contributed by atoms with Crippen molar-refractivity contribution in [3.63, 3.8) is 0 Å². The fraction of sp³-hybridized carbons (Fsp3) is 0.588. The molecule has 1 fully saturated rings. The number of hydrogen-bond donors (Lipinski definition) is 1. The van der Waals surface area contributed by atoms with E-state index >= 15 is 0 Å². The van der Waals surface area contributed by atoms with Crippen molar-refractivity contribution >= 4 is 11.6 Å². The highest BCUT2D eigenvalue weighted by Gasteiger charge is 2.26. The molecule has 0 radical (unpaired) electrons. The van der Waals surface area contributed by atoms with Crippen molar-refractivity contribution in [2.45, 2.75) is 33.6 Å². The number of amides is 1. The van der Waals surface area contributed by atoms with Crippen LogP contribution >= 0.6 is 0 Å². The maximum Gasteiger partial charge on any atom is 0.255 e. The summed E-state index contributed by atoms with van der Waals surface area (Å²) in [6.07, 6.45) is 2.26. The Bertz CT molecular complexity index is 474. The normalized spacial score (nSPS) is 16.6. The Morgan fingerprint density at radius 3 is 2.50 bits per heavy atom. The molecule has 3 nitrogen and oxygen atoms in total. The third kappa shape index (κ3) is 3.14. The summed E-state index contributed by atoms with van der Waals surface area (Å²) in [5.41, 5.74) is 2.89. The minimum Gasteiger partial charge on any atom is -0.387 e. The summed E-state index contributed by atoms with van der Waals surface area (Å²) >= 11 is 0. The van der Waals surface area contributed by atoms with E-state index in [9.17, 15) is 4.79 Å². The molecule has 1 aromatic rings. The largest absolute Gasteiger partial charge is 0.387 e. The van der Waals surface area contributed by atoms with Crippen LogP contribution < -0.4 is 5.32 Å². The van der Waals surface area contributed by atoms with Crippen LogP contribution in [-0.2, 0) is 0 Å². The zero-order valence-corrected chi connectivity index (χ0v) is 13.1. The third-order valence-electron chi connectivity index (χ3n) is 4.44. The van der Waals surface area contributed by atoms with E-state index in [1.54, 1.807) is 0 Å². The summed E-state index contributed by atoms with van der Waals surface area (Å²) in [4.78, 5) is 14.7. The monoisotopic (exact) mass is 274 g/mol. The van der Waals surface area contributed by atoms with Crippen molar-refractivity contribution < 1.29 is 4.79 Å². The van der Waals surface area contributed by atoms with E-state index in [4.69, 9.17) is 0 Å². The van der Waals surface area contributed by atoms with Crippen LogP contribution in [0.25, 0.3) is 0 Å². The molecule has 0 unspecified atom stereocenters. The van der Waals surface area contributed by atoms with E-state index in [0.717, 1.165) is 49.0 Å². The van der Waals surface area contributed by atoms with Crippen LogP contribution in [0.15, 0.2) is 18.2 Å². The molecule has 1 aliphatic rings. The Morgan fingerprint density at radius 2 is 1.95 bits per heavy atom. The fourth-order valence-corrected chi connectivity index (χ4v) is 2.99. The van der Waals surface area contributed by atoms with Gasteiger partial charge in [0.25, 0.3) is 5.91 Å². The molecule has 0 aromatic heterocycles. The van der Waals surface area contributed by atoms with Gasteiger partial charge in [0.05, 0.1) is 5.56 Å². The number of nitrogens with one attached hydrogen (secondary N) is 1.